The summed E-state index contributed by atoms with van der Waals surface area (Å²) in [7, 11) is 0. The van der Waals surface area contributed by atoms with Crippen molar-refractivity contribution >= 4 is 81.0 Å². The second-order valence-corrected chi connectivity index (χ2v) is 9.18. The summed E-state index contributed by atoms with van der Waals surface area (Å²) in [5.41, 5.74) is 2.73. The van der Waals surface area contributed by atoms with Crippen LogP contribution in [0.25, 0.3) is 0 Å². The van der Waals surface area contributed by atoms with E-state index in [0.29, 0.717) is 27.9 Å². The number of alkyl halides is 1. The normalized spacial score (nSPS) is 10.0. The van der Waals surface area contributed by atoms with Gasteiger partial charge in [0, 0.05) is 34.3 Å². The van der Waals surface area contributed by atoms with E-state index >= 15 is 0 Å². The lowest BCUT2D eigenvalue weighted by atomic mass is 10.1. The third kappa shape index (κ3) is 14.9. The number of nitrogens with two attached hydrogens (primary N) is 1. The fourth-order valence-electron chi connectivity index (χ4n) is 2.57. The number of carbonyl (C=O) groups excluding carboxylic acids is 3. The lowest BCUT2D eigenvalue weighted by Gasteiger charge is -1.97. The summed E-state index contributed by atoms with van der Waals surface area (Å²) < 4.78 is 0. The molecule has 0 aliphatic heterocycles. The number of hydrogen-bond donors (Lipinski definition) is 1. The summed E-state index contributed by atoms with van der Waals surface area (Å²) >= 11 is 27.5. The molecule has 0 aromatic heterocycles. The predicted octanol–water partition coefficient (Wildman–Crippen LogP) is 6.73. The molecule has 0 bridgehead atoms. The number of Topliss-reactive ketones (excluding diaryl/α,β-unsaturated/α-hetero) is 2. The van der Waals surface area contributed by atoms with Crippen molar-refractivity contribution in [1.29, 1.82) is 0 Å². The number of hydrazone groups is 1. The van der Waals surface area contributed by atoms with Gasteiger partial charge in [0.25, 0.3) is 0 Å². The maximum Gasteiger partial charge on any atom is 0.226 e. The van der Waals surface area contributed by atoms with Crippen molar-refractivity contribution in [2.24, 2.45) is 10.9 Å². The molecule has 0 atom stereocenters. The summed E-state index contributed by atoms with van der Waals surface area (Å²) in [5, 5.41) is 4.79. The molecule has 10 heteroatoms. The maximum absolute atomic E-state index is 11.0. The zero-order chi connectivity index (χ0) is 26.9. The van der Waals surface area contributed by atoms with Crippen molar-refractivity contribution in [1.82, 2.24) is 0 Å². The number of rotatable bonds is 8. The van der Waals surface area contributed by atoms with Crippen LogP contribution in [-0.2, 0) is 33.6 Å². The third-order valence-corrected chi connectivity index (χ3v) is 5.42. The summed E-state index contributed by atoms with van der Waals surface area (Å²) in [6.07, 6.45) is 2.06. The van der Waals surface area contributed by atoms with E-state index < -0.39 is 0 Å². The Labute approximate surface area is 235 Å². The molecule has 0 aliphatic carbocycles. The van der Waals surface area contributed by atoms with Gasteiger partial charge < -0.3 is 5.84 Å². The SMILES string of the molecule is NN=CC(=O)Cc1ccc(Cl)cc1.O=C(CCl)Cc1ccc(Cl)cc1.O=C(Cl)Cc1ccc(Cl)cc1. The van der Waals surface area contributed by atoms with Crippen LogP contribution in [0.5, 0.6) is 0 Å². The molecule has 0 saturated carbocycles. The second kappa shape index (κ2) is 17.9. The van der Waals surface area contributed by atoms with Crippen LogP contribution in [0.3, 0.4) is 0 Å². The Bertz CT molecular complexity index is 1130. The zero-order valence-corrected chi connectivity index (χ0v) is 22.8. The molecule has 0 radical (unpaired) electrons. The zero-order valence-electron chi connectivity index (χ0n) is 19.0. The van der Waals surface area contributed by atoms with E-state index in [0.717, 1.165) is 22.9 Å². The maximum atomic E-state index is 11.0. The summed E-state index contributed by atoms with van der Waals surface area (Å²) in [4.78, 5) is 32.4. The largest absolute Gasteiger partial charge is 0.323 e. The van der Waals surface area contributed by atoms with Crippen LogP contribution in [0, 0.1) is 0 Å². The molecular formula is C26H23Cl5N2O3. The molecule has 2 N–H and O–H groups in total. The molecule has 0 saturated heterocycles. The number of hydrogen-bond acceptors (Lipinski definition) is 5. The molecule has 5 nitrogen and oxygen atoms in total. The Morgan fingerprint density at radius 3 is 1.36 bits per heavy atom. The highest BCUT2D eigenvalue weighted by atomic mass is 35.5. The van der Waals surface area contributed by atoms with E-state index in [1.807, 2.05) is 12.1 Å². The van der Waals surface area contributed by atoms with Crippen molar-refractivity contribution in [3.63, 3.8) is 0 Å². The summed E-state index contributed by atoms with van der Waals surface area (Å²) in [5.74, 6) is 4.81. The predicted molar refractivity (Wildman–Crippen MR) is 150 cm³/mol. The van der Waals surface area contributed by atoms with Crippen LogP contribution in [0.4, 0.5) is 0 Å². The van der Waals surface area contributed by atoms with Crippen LogP contribution >= 0.6 is 58.0 Å². The first-order chi connectivity index (χ1) is 17.1. The molecular weight excluding hydrogens is 566 g/mol. The lowest BCUT2D eigenvalue weighted by molar-refractivity contribution is -0.116. The van der Waals surface area contributed by atoms with E-state index in [2.05, 4.69) is 5.10 Å². The number of carbonyl (C=O) groups is 3. The molecule has 36 heavy (non-hydrogen) atoms. The molecule has 0 unspecified atom stereocenters. The molecule has 3 rings (SSSR count). The van der Waals surface area contributed by atoms with Gasteiger partial charge in [-0.25, -0.2) is 0 Å². The standard InChI is InChI=1S/C9H8Cl2O.C9H9ClN2O.C8H6Cl2O/c10-6-9(12)5-7-1-3-8(11)4-2-7;10-8-3-1-7(2-4-8)5-9(13)6-12-11;9-7-3-1-6(2-4-7)5-8(10)11/h1-4H,5-6H2;1-4,6H,5,11H2;1-4H,5H2. The van der Waals surface area contributed by atoms with Gasteiger partial charge in [-0.3, -0.25) is 14.4 Å². The lowest BCUT2D eigenvalue weighted by Crippen LogP contribution is -2.04. The van der Waals surface area contributed by atoms with E-state index in [1.165, 1.54) is 0 Å². The van der Waals surface area contributed by atoms with Crippen molar-refractivity contribution in [3.8, 4) is 0 Å². The van der Waals surface area contributed by atoms with Crippen molar-refractivity contribution < 1.29 is 14.4 Å². The molecule has 0 aliphatic rings. The van der Waals surface area contributed by atoms with E-state index in [9.17, 15) is 14.4 Å². The number of benzene rings is 3. The molecule has 3 aromatic rings. The smallest absolute Gasteiger partial charge is 0.226 e. The van der Waals surface area contributed by atoms with Gasteiger partial charge in [-0.05, 0) is 64.7 Å². The summed E-state index contributed by atoms with van der Waals surface area (Å²) in [6.45, 7) is 0. The minimum atomic E-state index is -0.354. The highest BCUT2D eigenvalue weighted by molar-refractivity contribution is 6.63. The van der Waals surface area contributed by atoms with Gasteiger partial charge in [-0.2, -0.15) is 5.10 Å². The van der Waals surface area contributed by atoms with Gasteiger partial charge in [0.05, 0.1) is 12.1 Å². The van der Waals surface area contributed by atoms with Gasteiger partial charge in [-0.15, -0.1) is 11.6 Å². The number of nitrogens with zero attached hydrogens (tertiary/aromatic N) is 1. The second-order valence-electron chi connectivity index (χ2n) is 7.18. The number of ketones is 2. The Morgan fingerprint density at radius 2 is 1.03 bits per heavy atom. The molecule has 0 amide bonds. The van der Waals surface area contributed by atoms with E-state index in [4.69, 9.17) is 63.8 Å². The van der Waals surface area contributed by atoms with Gasteiger partial charge in [0.2, 0.25) is 5.24 Å². The fourth-order valence-corrected chi connectivity index (χ4v) is 3.20. The Balaban J connectivity index is 0.000000271. The van der Waals surface area contributed by atoms with Crippen molar-refractivity contribution in [3.05, 3.63) is 105 Å². The molecule has 190 valence electrons. The molecule has 0 fully saturated rings. The van der Waals surface area contributed by atoms with E-state index in [-0.39, 0.29) is 29.1 Å². The van der Waals surface area contributed by atoms with Gasteiger partial charge >= 0.3 is 0 Å². The van der Waals surface area contributed by atoms with Crippen LogP contribution < -0.4 is 5.84 Å². The van der Waals surface area contributed by atoms with Crippen LogP contribution in [-0.4, -0.2) is 28.9 Å². The van der Waals surface area contributed by atoms with Gasteiger partial charge in [0.15, 0.2) is 11.6 Å². The topological polar surface area (TPSA) is 89.6 Å². The minimum Gasteiger partial charge on any atom is -0.323 e. The van der Waals surface area contributed by atoms with Crippen molar-refractivity contribution in [2.45, 2.75) is 19.3 Å². The van der Waals surface area contributed by atoms with Crippen LogP contribution in [0.15, 0.2) is 77.9 Å². The van der Waals surface area contributed by atoms with Crippen LogP contribution in [0.1, 0.15) is 16.7 Å². The molecule has 0 heterocycles. The average molecular weight is 589 g/mol. The van der Waals surface area contributed by atoms with E-state index in [1.54, 1.807) is 60.7 Å². The summed E-state index contributed by atoms with van der Waals surface area (Å²) in [6, 6.07) is 21.3. The van der Waals surface area contributed by atoms with Gasteiger partial charge in [-0.1, -0.05) is 71.2 Å². The third-order valence-electron chi connectivity index (χ3n) is 4.23. The Kier molecular flexibility index (Phi) is 15.7. The van der Waals surface area contributed by atoms with Crippen molar-refractivity contribution in [2.75, 3.05) is 5.88 Å². The highest BCUT2D eigenvalue weighted by Crippen LogP contribution is 2.12. The Morgan fingerprint density at radius 1 is 0.667 bits per heavy atom. The highest BCUT2D eigenvalue weighted by Gasteiger charge is 2.01. The molecule has 0 spiro atoms. The average Bonchev–Trinajstić information content (AvgIpc) is 2.84. The monoisotopic (exact) mass is 586 g/mol. The fraction of sp³-hybridized carbons (Fsp3) is 0.154. The first kappa shape index (κ1) is 31.6. The quantitative estimate of drug-likeness (QED) is 0.104. The first-order valence-electron chi connectivity index (χ1n) is 10.4. The van der Waals surface area contributed by atoms with Gasteiger partial charge in [0.1, 0.15) is 0 Å². The number of halogens is 5. The van der Waals surface area contributed by atoms with Crippen LogP contribution in [0.2, 0.25) is 15.1 Å². The molecule has 3 aromatic carbocycles. The Hall–Kier alpha value is -2.41. The minimum absolute atomic E-state index is 0.0268. The first-order valence-corrected chi connectivity index (χ1v) is 12.4.